The summed E-state index contributed by atoms with van der Waals surface area (Å²) in [4.78, 5) is 12.5. The molecule has 0 radical (unpaired) electrons. The number of benzene rings is 1. The first-order chi connectivity index (χ1) is 12.0. The third-order valence-electron chi connectivity index (χ3n) is 3.39. The second kappa shape index (κ2) is 7.22. The number of hydrogen-bond acceptors (Lipinski definition) is 6. The number of carbonyl (C=O) groups excluding carboxylic acids is 1. The molecule has 130 valence electrons. The largest absolute Gasteiger partial charge is 0.453 e. The predicted molar refractivity (Wildman–Crippen MR) is 93.6 cm³/mol. The normalized spacial score (nSPS) is 11.4. The van der Waals surface area contributed by atoms with Crippen molar-refractivity contribution >= 4 is 32.8 Å². The van der Waals surface area contributed by atoms with E-state index in [2.05, 4.69) is 5.32 Å². The maximum Gasteiger partial charge on any atom is 0.291 e. The summed E-state index contributed by atoms with van der Waals surface area (Å²) < 4.78 is 35.8. The molecule has 3 rings (SSSR count). The first-order valence-electron chi connectivity index (χ1n) is 7.27. The third-order valence-corrected chi connectivity index (χ3v) is 6.09. The summed E-state index contributed by atoms with van der Waals surface area (Å²) >= 11 is 1.19. The lowest BCUT2D eigenvalue weighted by Crippen LogP contribution is -2.13. The Bertz CT molecular complexity index is 973. The molecule has 0 unspecified atom stereocenters. The van der Waals surface area contributed by atoms with Gasteiger partial charge in [-0.3, -0.25) is 4.79 Å². The van der Waals surface area contributed by atoms with E-state index in [1.165, 1.54) is 42.0 Å². The van der Waals surface area contributed by atoms with Crippen molar-refractivity contribution in [2.75, 3.05) is 12.4 Å². The van der Waals surface area contributed by atoms with Crippen molar-refractivity contribution in [3.05, 3.63) is 64.7 Å². The molecule has 0 aliphatic heterocycles. The molecule has 0 atom stereocenters. The average Bonchev–Trinajstić information content (AvgIpc) is 3.26. The van der Waals surface area contributed by atoms with E-state index in [1.54, 1.807) is 29.6 Å². The first kappa shape index (κ1) is 17.4. The second-order valence-corrected chi connectivity index (χ2v) is 7.78. The fourth-order valence-electron chi connectivity index (χ4n) is 2.21. The number of amides is 1. The quantitative estimate of drug-likeness (QED) is 0.710. The monoisotopic (exact) mass is 377 g/mol. The van der Waals surface area contributed by atoms with E-state index >= 15 is 0 Å². The highest BCUT2D eigenvalue weighted by molar-refractivity contribution is 7.91. The van der Waals surface area contributed by atoms with Crippen LogP contribution in [0.4, 0.5) is 5.69 Å². The number of anilines is 1. The van der Waals surface area contributed by atoms with Gasteiger partial charge in [0.15, 0.2) is 5.76 Å². The molecule has 0 fully saturated rings. The van der Waals surface area contributed by atoms with E-state index in [0.29, 0.717) is 5.76 Å². The molecule has 0 aliphatic carbocycles. The number of thiophene rings is 1. The molecule has 2 heterocycles. The van der Waals surface area contributed by atoms with Crippen LogP contribution in [0.3, 0.4) is 0 Å². The highest BCUT2D eigenvalue weighted by Gasteiger charge is 2.24. The molecule has 1 N–H and O–H groups in total. The molecule has 0 saturated carbocycles. The van der Waals surface area contributed by atoms with Crippen molar-refractivity contribution in [2.24, 2.45) is 0 Å². The molecule has 2 aromatic heterocycles. The number of rotatable bonds is 6. The maximum atomic E-state index is 12.7. The van der Waals surface area contributed by atoms with Gasteiger partial charge in [-0.2, -0.15) is 0 Å². The van der Waals surface area contributed by atoms with E-state index < -0.39 is 15.7 Å². The molecule has 3 aromatic rings. The Morgan fingerprint density at radius 2 is 1.92 bits per heavy atom. The summed E-state index contributed by atoms with van der Waals surface area (Å²) in [5, 5.41) is 5.67. The topological polar surface area (TPSA) is 85.6 Å². The van der Waals surface area contributed by atoms with Crippen LogP contribution in [-0.4, -0.2) is 21.4 Å². The molecule has 1 aromatic carbocycles. The Morgan fingerprint density at radius 3 is 2.64 bits per heavy atom. The fourth-order valence-corrected chi connectivity index (χ4v) is 4.77. The number of ether oxygens (including phenoxy) is 1. The number of carbonyl (C=O) groups is 1. The molecule has 0 bridgehead atoms. The highest BCUT2D eigenvalue weighted by Crippen LogP contribution is 2.31. The fraction of sp³-hybridized carbons (Fsp3) is 0.118. The Morgan fingerprint density at radius 1 is 1.16 bits per heavy atom. The number of methoxy groups -OCH3 is 1. The van der Waals surface area contributed by atoms with Gasteiger partial charge < -0.3 is 14.5 Å². The van der Waals surface area contributed by atoms with Crippen molar-refractivity contribution in [3.8, 4) is 0 Å². The van der Waals surface area contributed by atoms with Gasteiger partial charge in [0, 0.05) is 17.9 Å². The zero-order valence-corrected chi connectivity index (χ0v) is 14.9. The molecule has 8 heteroatoms. The molecule has 6 nitrogen and oxygen atoms in total. The minimum atomic E-state index is -3.71. The first-order valence-corrected chi connectivity index (χ1v) is 9.70. The average molecular weight is 377 g/mol. The SMILES string of the molecule is COCc1ccc(C(=O)Nc2cscc2S(=O)(=O)c2ccccc2)o1. The van der Waals surface area contributed by atoms with Crippen LogP contribution in [-0.2, 0) is 21.2 Å². The molecule has 25 heavy (non-hydrogen) atoms. The third kappa shape index (κ3) is 3.65. The van der Waals surface area contributed by atoms with Gasteiger partial charge in [-0.1, -0.05) is 18.2 Å². The molecular weight excluding hydrogens is 362 g/mol. The lowest BCUT2D eigenvalue weighted by atomic mass is 10.4. The summed E-state index contributed by atoms with van der Waals surface area (Å²) in [5.74, 6) is 0.0710. The van der Waals surface area contributed by atoms with Crippen LogP contribution in [0, 0.1) is 0 Å². The minimum absolute atomic E-state index is 0.0562. The number of hydrogen-bond donors (Lipinski definition) is 1. The van der Waals surface area contributed by atoms with Gasteiger partial charge in [-0.25, -0.2) is 8.42 Å². The number of sulfone groups is 1. The standard InChI is InChI=1S/C17H15NO5S2/c1-22-9-12-7-8-15(23-12)17(19)18-14-10-24-11-16(14)25(20,21)13-5-3-2-4-6-13/h2-8,10-11H,9H2,1H3,(H,18,19). The van der Waals surface area contributed by atoms with Crippen LogP contribution in [0.5, 0.6) is 0 Å². The Balaban J connectivity index is 1.85. The summed E-state index contributed by atoms with van der Waals surface area (Å²) in [6.07, 6.45) is 0. The summed E-state index contributed by atoms with van der Waals surface area (Å²) in [5.41, 5.74) is 0.226. The lowest BCUT2D eigenvalue weighted by molar-refractivity contribution is 0.0987. The van der Waals surface area contributed by atoms with Crippen LogP contribution >= 0.6 is 11.3 Å². The summed E-state index contributed by atoms with van der Waals surface area (Å²) in [7, 11) is -2.19. The molecule has 0 spiro atoms. The molecule has 0 saturated heterocycles. The van der Waals surface area contributed by atoms with Crippen LogP contribution in [0.25, 0.3) is 0 Å². The van der Waals surface area contributed by atoms with E-state index in [4.69, 9.17) is 9.15 Å². The Kier molecular flexibility index (Phi) is 5.03. The van der Waals surface area contributed by atoms with Gasteiger partial charge in [0.05, 0.1) is 10.6 Å². The van der Waals surface area contributed by atoms with Gasteiger partial charge >= 0.3 is 0 Å². The van der Waals surface area contributed by atoms with E-state index in [9.17, 15) is 13.2 Å². The van der Waals surface area contributed by atoms with Crippen molar-refractivity contribution in [2.45, 2.75) is 16.4 Å². The lowest BCUT2D eigenvalue weighted by Gasteiger charge is -2.07. The highest BCUT2D eigenvalue weighted by atomic mass is 32.2. The molecular formula is C17H15NO5S2. The predicted octanol–water partition coefficient (Wildman–Crippen LogP) is 3.57. The zero-order chi connectivity index (χ0) is 17.9. The van der Waals surface area contributed by atoms with Crippen LogP contribution < -0.4 is 5.32 Å². The van der Waals surface area contributed by atoms with Crippen molar-refractivity contribution < 1.29 is 22.4 Å². The summed E-state index contributed by atoms with van der Waals surface area (Å²) in [6.45, 7) is 0.249. The maximum absolute atomic E-state index is 12.7. The van der Waals surface area contributed by atoms with Crippen molar-refractivity contribution in [1.29, 1.82) is 0 Å². The Hall–Kier alpha value is -2.42. The van der Waals surface area contributed by atoms with Crippen molar-refractivity contribution in [3.63, 3.8) is 0 Å². The van der Waals surface area contributed by atoms with Gasteiger partial charge in [-0.05, 0) is 24.3 Å². The van der Waals surface area contributed by atoms with E-state index in [1.807, 2.05) is 0 Å². The van der Waals surface area contributed by atoms with E-state index in [-0.39, 0.29) is 27.8 Å². The van der Waals surface area contributed by atoms with Gasteiger partial charge in [0.25, 0.3) is 5.91 Å². The van der Waals surface area contributed by atoms with Gasteiger partial charge in [-0.15, -0.1) is 11.3 Å². The molecule has 1 amide bonds. The number of nitrogens with one attached hydrogen (secondary N) is 1. The zero-order valence-electron chi connectivity index (χ0n) is 13.3. The van der Waals surface area contributed by atoms with Gasteiger partial charge in [0.1, 0.15) is 17.3 Å². The second-order valence-electron chi connectivity index (χ2n) is 5.12. The minimum Gasteiger partial charge on any atom is -0.453 e. The van der Waals surface area contributed by atoms with Crippen LogP contribution in [0.15, 0.2) is 67.4 Å². The Labute approximate surface area is 149 Å². The summed E-state index contributed by atoms with van der Waals surface area (Å²) in [6, 6.07) is 11.2. The van der Waals surface area contributed by atoms with E-state index in [0.717, 1.165) is 0 Å². The molecule has 0 aliphatic rings. The van der Waals surface area contributed by atoms with Gasteiger partial charge in [0.2, 0.25) is 9.84 Å². The number of furan rings is 1. The van der Waals surface area contributed by atoms with Crippen LogP contribution in [0.2, 0.25) is 0 Å². The smallest absolute Gasteiger partial charge is 0.291 e. The van der Waals surface area contributed by atoms with Crippen molar-refractivity contribution in [1.82, 2.24) is 0 Å². The van der Waals surface area contributed by atoms with Crippen LogP contribution in [0.1, 0.15) is 16.3 Å².